The van der Waals surface area contributed by atoms with Gasteiger partial charge in [-0.25, -0.2) is 9.79 Å². The Bertz CT molecular complexity index is 574. The fraction of sp³-hybridized carbons (Fsp3) is 0.611. The number of hydroxylamine groups is 2. The molecule has 1 heterocycles. The number of benzene rings is 1. The van der Waals surface area contributed by atoms with E-state index in [1.807, 2.05) is 45.9 Å². The minimum Gasteiger partial charge on any atom is -0.310 e. The Morgan fingerprint density at radius 2 is 1.83 bits per heavy atom. The molecule has 0 bridgehead atoms. The van der Waals surface area contributed by atoms with E-state index < -0.39 is 0 Å². The molecule has 1 aliphatic heterocycles. The van der Waals surface area contributed by atoms with Crippen LogP contribution in [0.15, 0.2) is 29.3 Å². The molecule has 0 aromatic heterocycles. The highest BCUT2D eigenvalue weighted by Gasteiger charge is 2.45. The molecule has 23 heavy (non-hydrogen) atoms. The van der Waals surface area contributed by atoms with Gasteiger partial charge in [-0.2, -0.15) is 0 Å². The average Bonchev–Trinajstić information content (AvgIpc) is 2.48. The first-order valence-electron chi connectivity index (χ1n) is 8.07. The predicted molar refractivity (Wildman–Crippen MR) is 88.8 cm³/mol. The Labute approximate surface area is 138 Å². The van der Waals surface area contributed by atoms with Crippen LogP contribution in [0, 0.1) is 0 Å². The lowest BCUT2D eigenvalue weighted by molar-refractivity contribution is -0.290. The van der Waals surface area contributed by atoms with Gasteiger partial charge in [-0.1, -0.05) is 24.3 Å². The van der Waals surface area contributed by atoms with Gasteiger partial charge in [0.2, 0.25) is 6.08 Å². The van der Waals surface area contributed by atoms with Crippen molar-refractivity contribution in [2.45, 2.75) is 70.7 Å². The van der Waals surface area contributed by atoms with Crippen molar-refractivity contribution in [3.05, 3.63) is 35.4 Å². The molecule has 1 fully saturated rings. The van der Waals surface area contributed by atoms with Crippen molar-refractivity contribution in [2.75, 3.05) is 0 Å². The van der Waals surface area contributed by atoms with Crippen LogP contribution in [0.4, 0.5) is 0 Å². The molecule has 125 valence electrons. The van der Waals surface area contributed by atoms with Crippen LogP contribution in [0.1, 0.15) is 51.7 Å². The summed E-state index contributed by atoms with van der Waals surface area (Å²) in [6, 6.07) is 8.34. The van der Waals surface area contributed by atoms with Crippen LogP contribution in [-0.2, 0) is 23.1 Å². The number of aliphatic imine (C=N–C) groups is 1. The lowest BCUT2D eigenvalue weighted by atomic mass is 9.79. The minimum absolute atomic E-state index is 0.307. The summed E-state index contributed by atoms with van der Waals surface area (Å²) in [5.74, 6) is 0. The number of isocyanates is 1. The fourth-order valence-corrected chi connectivity index (χ4v) is 3.63. The molecule has 1 aromatic carbocycles. The Kier molecular flexibility index (Phi) is 5.37. The average molecular weight is 316 g/mol. The minimum atomic E-state index is -0.361. The van der Waals surface area contributed by atoms with Crippen LogP contribution < -0.4 is 5.32 Å². The molecule has 0 spiro atoms. The van der Waals surface area contributed by atoms with Gasteiger partial charge in [-0.3, -0.25) is 0 Å². The number of nitrogens with one attached hydrogen (secondary N) is 1. The van der Waals surface area contributed by atoms with E-state index in [2.05, 4.69) is 16.4 Å². The molecule has 5 nitrogen and oxygen atoms in total. The summed E-state index contributed by atoms with van der Waals surface area (Å²) in [4.78, 5) is 13.8. The highest BCUT2D eigenvalue weighted by Crippen LogP contribution is 2.37. The first-order chi connectivity index (χ1) is 10.7. The second-order valence-electron chi connectivity index (χ2n) is 7.63. The maximum Gasteiger partial charge on any atom is 0.235 e. The van der Waals surface area contributed by atoms with E-state index in [0.717, 1.165) is 30.5 Å². The molecule has 1 aromatic rings. The maximum atomic E-state index is 12.4. The van der Waals surface area contributed by atoms with E-state index >= 15 is 0 Å². The molecule has 0 atom stereocenters. The first kappa shape index (κ1) is 17.8. The Morgan fingerprint density at radius 3 is 2.43 bits per heavy atom. The fourth-order valence-electron chi connectivity index (χ4n) is 3.63. The zero-order valence-electron chi connectivity index (χ0n) is 14.4. The molecular weight excluding hydrogens is 290 g/mol. The molecule has 1 saturated heterocycles. The smallest absolute Gasteiger partial charge is 0.235 e. The van der Waals surface area contributed by atoms with Gasteiger partial charge in [-0.15, -0.1) is 10.3 Å². The van der Waals surface area contributed by atoms with Crippen LogP contribution in [-0.4, -0.2) is 28.3 Å². The van der Waals surface area contributed by atoms with Crippen molar-refractivity contribution in [3.8, 4) is 0 Å². The molecule has 0 saturated carbocycles. The number of hydrogen-bond donors (Lipinski definition) is 1. The van der Waals surface area contributed by atoms with Crippen LogP contribution in [0.25, 0.3) is 0 Å². The molecular formula is C18H26N3O2. The van der Waals surface area contributed by atoms with Crippen molar-refractivity contribution in [1.82, 2.24) is 10.4 Å². The van der Waals surface area contributed by atoms with Gasteiger partial charge in [0.15, 0.2) is 0 Å². The van der Waals surface area contributed by atoms with Crippen LogP contribution in [0.2, 0.25) is 0 Å². The number of hydrogen-bond acceptors (Lipinski definition) is 4. The lowest BCUT2D eigenvalue weighted by Crippen LogP contribution is -2.61. The Morgan fingerprint density at radius 1 is 1.22 bits per heavy atom. The van der Waals surface area contributed by atoms with E-state index in [9.17, 15) is 10.0 Å². The van der Waals surface area contributed by atoms with Crippen molar-refractivity contribution in [1.29, 1.82) is 0 Å². The Hall–Kier alpha value is -1.52. The number of piperidine rings is 1. The van der Waals surface area contributed by atoms with E-state index in [1.54, 1.807) is 6.08 Å². The second kappa shape index (κ2) is 6.93. The van der Waals surface area contributed by atoms with Gasteiger partial charge in [0, 0.05) is 23.7 Å². The van der Waals surface area contributed by atoms with Gasteiger partial charge in [-0.05, 0) is 51.7 Å². The summed E-state index contributed by atoms with van der Waals surface area (Å²) in [6.45, 7) is 9.14. The largest absolute Gasteiger partial charge is 0.310 e. The molecule has 1 N–H and O–H groups in total. The van der Waals surface area contributed by atoms with Crippen molar-refractivity contribution >= 4 is 6.08 Å². The molecule has 0 unspecified atom stereocenters. The summed E-state index contributed by atoms with van der Waals surface area (Å²) in [6.07, 6.45) is 3.22. The van der Waals surface area contributed by atoms with Gasteiger partial charge in [0.1, 0.15) is 0 Å². The number of rotatable bonds is 5. The molecule has 1 aliphatic rings. The van der Waals surface area contributed by atoms with E-state index in [-0.39, 0.29) is 11.1 Å². The summed E-state index contributed by atoms with van der Waals surface area (Å²) in [5.41, 5.74) is 1.44. The monoisotopic (exact) mass is 316 g/mol. The predicted octanol–water partition coefficient (Wildman–Crippen LogP) is 2.98. The lowest BCUT2D eigenvalue weighted by Gasteiger charge is -2.50. The third kappa shape index (κ3) is 4.49. The van der Waals surface area contributed by atoms with Crippen molar-refractivity contribution < 1.29 is 10.0 Å². The topological polar surface area (TPSA) is 64.6 Å². The summed E-state index contributed by atoms with van der Waals surface area (Å²) < 4.78 is 0. The van der Waals surface area contributed by atoms with Crippen molar-refractivity contribution in [2.24, 2.45) is 4.99 Å². The second-order valence-corrected chi connectivity index (χ2v) is 7.63. The molecule has 2 rings (SSSR count). The highest BCUT2D eigenvalue weighted by atomic mass is 16.5. The first-order valence-corrected chi connectivity index (χ1v) is 8.07. The normalized spacial score (nSPS) is 20.9. The zero-order valence-corrected chi connectivity index (χ0v) is 14.4. The molecule has 0 aliphatic carbocycles. The quantitative estimate of drug-likeness (QED) is 0.671. The maximum absolute atomic E-state index is 12.4. The van der Waals surface area contributed by atoms with E-state index in [0.29, 0.717) is 12.6 Å². The summed E-state index contributed by atoms with van der Waals surface area (Å²) in [5, 5.41) is 17.2. The summed E-state index contributed by atoms with van der Waals surface area (Å²) in [7, 11) is 0. The van der Waals surface area contributed by atoms with Gasteiger partial charge in [0.05, 0.1) is 6.54 Å². The SMILES string of the molecule is CC1(C)CC(NCc2cccc(CN=C=O)c2)CC(C)(C)N1[O]. The van der Waals surface area contributed by atoms with Gasteiger partial charge >= 0.3 is 0 Å². The van der Waals surface area contributed by atoms with Crippen LogP contribution >= 0.6 is 0 Å². The number of nitrogens with zero attached hydrogens (tertiary/aromatic N) is 2. The van der Waals surface area contributed by atoms with E-state index in [1.165, 1.54) is 5.06 Å². The van der Waals surface area contributed by atoms with Crippen LogP contribution in [0.5, 0.6) is 0 Å². The van der Waals surface area contributed by atoms with Crippen LogP contribution in [0.3, 0.4) is 0 Å². The summed E-state index contributed by atoms with van der Waals surface area (Å²) >= 11 is 0. The number of carbonyl (C=O) groups excluding carboxylic acids is 1. The van der Waals surface area contributed by atoms with E-state index in [4.69, 9.17) is 0 Å². The third-order valence-corrected chi connectivity index (χ3v) is 4.50. The van der Waals surface area contributed by atoms with Gasteiger partial charge in [0.25, 0.3) is 0 Å². The zero-order chi connectivity index (χ0) is 17.1. The van der Waals surface area contributed by atoms with Crippen molar-refractivity contribution in [3.63, 3.8) is 0 Å². The highest BCUT2D eigenvalue weighted by molar-refractivity contribution is 5.34. The Balaban J connectivity index is 1.99. The van der Waals surface area contributed by atoms with Gasteiger partial charge < -0.3 is 5.32 Å². The standard InChI is InChI=1S/C18H26N3O2/c1-17(2)9-16(10-18(3,4)21(17)23)20-12-15-7-5-6-14(8-15)11-19-13-22/h5-8,16,20H,9-12H2,1-4H3. The third-order valence-electron chi connectivity index (χ3n) is 4.50. The molecule has 1 radical (unpaired) electrons. The molecule has 5 heteroatoms. The molecule has 0 amide bonds.